The third-order valence-corrected chi connectivity index (χ3v) is 5.21. The second kappa shape index (κ2) is 10.6. The number of benzene rings is 2. The molecule has 1 heterocycles. The Morgan fingerprint density at radius 2 is 1.81 bits per heavy atom. The molecule has 0 aliphatic carbocycles. The predicted molar refractivity (Wildman–Crippen MR) is 119 cm³/mol. The molecule has 0 saturated heterocycles. The fourth-order valence-corrected chi connectivity index (χ4v) is 3.47. The molecule has 3 rings (SSSR count). The van der Waals surface area contributed by atoms with Crippen LogP contribution < -0.4 is 10.6 Å². The maximum atomic E-state index is 12.3. The summed E-state index contributed by atoms with van der Waals surface area (Å²) in [5, 5.41) is 14.6. The Kier molecular flexibility index (Phi) is 7.69. The average Bonchev–Trinajstić information content (AvgIpc) is 3.22. The SMILES string of the molecule is CCOC(=O)c1ccc(NC(=O)CCc2nnc(C(=O)Nc3cccc(Cl)c3)s2)cc1. The number of amides is 2. The van der Waals surface area contributed by atoms with E-state index in [2.05, 4.69) is 20.8 Å². The summed E-state index contributed by atoms with van der Waals surface area (Å²) in [6.45, 7) is 2.03. The molecule has 0 radical (unpaired) electrons. The molecule has 0 unspecified atom stereocenters. The molecule has 1 aromatic heterocycles. The fraction of sp³-hybridized carbons (Fsp3) is 0.190. The van der Waals surface area contributed by atoms with Crippen LogP contribution in [-0.2, 0) is 16.0 Å². The molecule has 0 atom stereocenters. The van der Waals surface area contributed by atoms with Crippen molar-refractivity contribution >= 4 is 52.1 Å². The Morgan fingerprint density at radius 1 is 1.03 bits per heavy atom. The van der Waals surface area contributed by atoms with Gasteiger partial charge in [-0.2, -0.15) is 0 Å². The van der Waals surface area contributed by atoms with Gasteiger partial charge >= 0.3 is 5.97 Å². The van der Waals surface area contributed by atoms with Crippen molar-refractivity contribution in [2.45, 2.75) is 19.8 Å². The molecular weight excluding hydrogens is 440 g/mol. The van der Waals surface area contributed by atoms with Crippen LogP contribution in [0.1, 0.15) is 38.5 Å². The standard InChI is InChI=1S/C21H19ClN4O4S/c1-2-30-21(29)13-6-8-15(9-7-13)23-17(27)10-11-18-25-26-20(31-18)19(28)24-16-5-3-4-14(22)12-16/h3-9,12H,2,10-11H2,1H3,(H,23,27)(H,24,28). The van der Waals surface area contributed by atoms with E-state index >= 15 is 0 Å². The maximum absolute atomic E-state index is 12.3. The number of hydrogen-bond donors (Lipinski definition) is 2. The monoisotopic (exact) mass is 458 g/mol. The summed E-state index contributed by atoms with van der Waals surface area (Å²) >= 11 is 7.03. The number of aryl methyl sites for hydroxylation is 1. The smallest absolute Gasteiger partial charge is 0.338 e. The Hall–Kier alpha value is -3.30. The summed E-state index contributed by atoms with van der Waals surface area (Å²) in [4.78, 5) is 36.1. The minimum absolute atomic E-state index is 0.171. The quantitative estimate of drug-likeness (QED) is 0.489. The lowest BCUT2D eigenvalue weighted by molar-refractivity contribution is -0.116. The van der Waals surface area contributed by atoms with Crippen molar-refractivity contribution in [1.29, 1.82) is 0 Å². The highest BCUT2D eigenvalue weighted by Crippen LogP contribution is 2.18. The number of nitrogens with zero attached hydrogens (tertiary/aromatic N) is 2. The zero-order valence-electron chi connectivity index (χ0n) is 16.6. The van der Waals surface area contributed by atoms with Gasteiger partial charge in [0, 0.05) is 29.2 Å². The van der Waals surface area contributed by atoms with Gasteiger partial charge in [0.25, 0.3) is 5.91 Å². The number of anilines is 2. The molecule has 2 amide bonds. The van der Waals surface area contributed by atoms with Crippen molar-refractivity contribution in [1.82, 2.24) is 10.2 Å². The highest BCUT2D eigenvalue weighted by molar-refractivity contribution is 7.13. The largest absolute Gasteiger partial charge is 0.462 e. The number of nitrogens with one attached hydrogen (secondary N) is 2. The number of hydrogen-bond acceptors (Lipinski definition) is 7. The Bertz CT molecular complexity index is 1080. The molecule has 0 aliphatic rings. The van der Waals surface area contributed by atoms with Crippen molar-refractivity contribution in [2.24, 2.45) is 0 Å². The lowest BCUT2D eigenvalue weighted by Crippen LogP contribution is -2.12. The minimum Gasteiger partial charge on any atom is -0.462 e. The maximum Gasteiger partial charge on any atom is 0.338 e. The molecule has 0 bridgehead atoms. The van der Waals surface area contributed by atoms with Crippen molar-refractivity contribution in [3.05, 3.63) is 69.1 Å². The minimum atomic E-state index is -0.410. The molecule has 8 nitrogen and oxygen atoms in total. The van der Waals surface area contributed by atoms with Gasteiger partial charge in [0.05, 0.1) is 12.2 Å². The van der Waals surface area contributed by atoms with Crippen LogP contribution in [0, 0.1) is 0 Å². The van der Waals surface area contributed by atoms with Gasteiger partial charge in [-0.05, 0) is 49.4 Å². The van der Waals surface area contributed by atoms with Crippen molar-refractivity contribution in [3.8, 4) is 0 Å². The molecule has 0 fully saturated rings. The summed E-state index contributed by atoms with van der Waals surface area (Å²) in [5.41, 5.74) is 1.54. The van der Waals surface area contributed by atoms with E-state index in [0.29, 0.717) is 40.0 Å². The first-order valence-corrected chi connectivity index (χ1v) is 10.6. The van der Waals surface area contributed by atoms with Gasteiger partial charge in [-0.25, -0.2) is 4.79 Å². The molecule has 3 aromatic rings. The lowest BCUT2D eigenvalue weighted by atomic mass is 10.2. The second-order valence-corrected chi connectivity index (χ2v) is 7.81. The van der Waals surface area contributed by atoms with Crippen LogP contribution in [0.25, 0.3) is 0 Å². The number of aromatic nitrogens is 2. The van der Waals surface area contributed by atoms with Gasteiger partial charge in [-0.15, -0.1) is 10.2 Å². The van der Waals surface area contributed by atoms with Gasteiger partial charge in [-0.3, -0.25) is 9.59 Å². The number of rotatable bonds is 8. The number of carbonyl (C=O) groups is 3. The van der Waals surface area contributed by atoms with Crippen LogP contribution in [0.15, 0.2) is 48.5 Å². The first-order chi connectivity index (χ1) is 14.9. The third kappa shape index (κ3) is 6.59. The molecule has 0 aliphatic heterocycles. The Morgan fingerprint density at radius 3 is 2.52 bits per heavy atom. The van der Waals surface area contributed by atoms with Crippen molar-refractivity contribution in [2.75, 3.05) is 17.2 Å². The van der Waals surface area contributed by atoms with Crippen LogP contribution in [0.3, 0.4) is 0 Å². The Labute approximate surface area is 187 Å². The van der Waals surface area contributed by atoms with Crippen molar-refractivity contribution < 1.29 is 19.1 Å². The molecule has 0 saturated carbocycles. The van der Waals surface area contributed by atoms with Crippen LogP contribution in [0.5, 0.6) is 0 Å². The van der Waals surface area contributed by atoms with Crippen LogP contribution in [0.4, 0.5) is 11.4 Å². The fourth-order valence-electron chi connectivity index (χ4n) is 2.55. The zero-order chi connectivity index (χ0) is 22.2. The van der Waals surface area contributed by atoms with E-state index in [-0.39, 0.29) is 17.3 Å². The molecule has 2 aromatic carbocycles. The van der Waals surface area contributed by atoms with E-state index in [1.165, 1.54) is 0 Å². The first kappa shape index (κ1) is 22.4. The molecule has 31 heavy (non-hydrogen) atoms. The van der Waals surface area contributed by atoms with Gasteiger partial charge in [-0.1, -0.05) is 29.0 Å². The van der Waals surface area contributed by atoms with Crippen LogP contribution >= 0.6 is 22.9 Å². The topological polar surface area (TPSA) is 110 Å². The summed E-state index contributed by atoms with van der Waals surface area (Å²) in [5.74, 6) is -1.02. The van der Waals surface area contributed by atoms with Gasteiger partial charge < -0.3 is 15.4 Å². The number of halogens is 1. The van der Waals surface area contributed by atoms with Crippen LogP contribution in [-0.4, -0.2) is 34.6 Å². The van der Waals surface area contributed by atoms with E-state index in [9.17, 15) is 14.4 Å². The molecule has 10 heteroatoms. The van der Waals surface area contributed by atoms with Gasteiger partial charge in [0.15, 0.2) is 0 Å². The van der Waals surface area contributed by atoms with E-state index < -0.39 is 11.9 Å². The number of ether oxygens (including phenoxy) is 1. The van der Waals surface area contributed by atoms with E-state index in [1.807, 2.05) is 0 Å². The summed E-state index contributed by atoms with van der Waals surface area (Å²) in [6.07, 6.45) is 0.513. The van der Waals surface area contributed by atoms with Crippen LogP contribution in [0.2, 0.25) is 5.02 Å². The van der Waals surface area contributed by atoms with E-state index in [0.717, 1.165) is 11.3 Å². The Balaban J connectivity index is 1.49. The van der Waals surface area contributed by atoms with E-state index in [4.69, 9.17) is 16.3 Å². The molecule has 160 valence electrons. The lowest BCUT2D eigenvalue weighted by Gasteiger charge is -2.06. The zero-order valence-corrected chi connectivity index (χ0v) is 18.1. The second-order valence-electron chi connectivity index (χ2n) is 6.31. The number of esters is 1. The normalized spacial score (nSPS) is 10.4. The average molecular weight is 459 g/mol. The van der Waals surface area contributed by atoms with Crippen molar-refractivity contribution in [3.63, 3.8) is 0 Å². The van der Waals surface area contributed by atoms with Gasteiger partial charge in [0.1, 0.15) is 5.01 Å². The summed E-state index contributed by atoms with van der Waals surface area (Å²) in [7, 11) is 0. The van der Waals surface area contributed by atoms with E-state index in [1.54, 1.807) is 55.5 Å². The summed E-state index contributed by atoms with van der Waals surface area (Å²) in [6, 6.07) is 13.2. The number of carbonyl (C=O) groups excluding carboxylic acids is 3. The predicted octanol–water partition coefficient (Wildman–Crippen LogP) is 4.19. The molecular formula is C21H19ClN4O4S. The highest BCUT2D eigenvalue weighted by Gasteiger charge is 2.14. The highest BCUT2D eigenvalue weighted by atomic mass is 35.5. The molecule has 0 spiro atoms. The summed E-state index contributed by atoms with van der Waals surface area (Å²) < 4.78 is 4.92. The van der Waals surface area contributed by atoms with Gasteiger partial charge in [0.2, 0.25) is 10.9 Å². The third-order valence-electron chi connectivity index (χ3n) is 3.99. The molecule has 2 N–H and O–H groups in total. The first-order valence-electron chi connectivity index (χ1n) is 9.41.